The molecule has 0 radical (unpaired) electrons. The number of nitrogens with zero attached hydrogens (tertiary/aromatic N) is 2. The highest BCUT2D eigenvalue weighted by Gasteiger charge is 2.28. The molecule has 1 aromatic heterocycles. The fourth-order valence-corrected chi connectivity index (χ4v) is 1.54. The largest absolute Gasteiger partial charge is 0.480 e. The van der Waals surface area contributed by atoms with Crippen molar-refractivity contribution in [2.24, 2.45) is 5.73 Å². The number of rotatable bonds is 4. The Labute approximate surface area is 92.1 Å². The zero-order chi connectivity index (χ0) is 11.5. The molecule has 0 fully saturated rings. The lowest BCUT2D eigenvalue weighted by Gasteiger charge is -2.17. The number of aromatic nitrogens is 2. The van der Waals surface area contributed by atoms with Gasteiger partial charge in [-0.1, -0.05) is 11.8 Å². The fraction of sp³-hybridized carbons (Fsp3) is 0.444. The molecule has 6 heteroatoms. The van der Waals surface area contributed by atoms with Crippen LogP contribution in [0.5, 0.6) is 0 Å². The second-order valence-electron chi connectivity index (χ2n) is 3.55. The molecule has 0 aromatic carbocycles. The van der Waals surface area contributed by atoms with Crippen LogP contribution in [0.2, 0.25) is 0 Å². The van der Waals surface area contributed by atoms with E-state index in [-0.39, 0.29) is 5.75 Å². The molecule has 15 heavy (non-hydrogen) atoms. The molecular weight excluding hydrogens is 214 g/mol. The average molecular weight is 227 g/mol. The summed E-state index contributed by atoms with van der Waals surface area (Å²) in [5.74, 6) is -0.784. The lowest BCUT2D eigenvalue weighted by atomic mass is 10.1. The van der Waals surface area contributed by atoms with Gasteiger partial charge in [0.1, 0.15) is 5.54 Å². The lowest BCUT2D eigenvalue weighted by Crippen LogP contribution is -2.47. The van der Waals surface area contributed by atoms with E-state index in [2.05, 4.69) is 9.97 Å². The van der Waals surface area contributed by atoms with Crippen molar-refractivity contribution in [2.75, 3.05) is 5.75 Å². The fourth-order valence-electron chi connectivity index (χ4n) is 0.731. The van der Waals surface area contributed by atoms with Crippen LogP contribution in [0.15, 0.2) is 17.6 Å². The molecule has 1 atom stereocenters. The number of hydrogen-bond acceptors (Lipinski definition) is 5. The summed E-state index contributed by atoms with van der Waals surface area (Å²) >= 11 is 1.24. The van der Waals surface area contributed by atoms with Gasteiger partial charge in [-0.25, -0.2) is 9.97 Å². The highest BCUT2D eigenvalue weighted by Crippen LogP contribution is 2.17. The molecule has 1 heterocycles. The summed E-state index contributed by atoms with van der Waals surface area (Å²) in [5, 5.41) is 9.32. The SMILES string of the molecule is Cc1cnc(SCC(C)(N)C(=O)O)nc1. The van der Waals surface area contributed by atoms with Gasteiger partial charge in [-0.2, -0.15) is 0 Å². The van der Waals surface area contributed by atoms with Gasteiger partial charge in [0.15, 0.2) is 5.16 Å². The molecule has 1 unspecified atom stereocenters. The van der Waals surface area contributed by atoms with E-state index in [4.69, 9.17) is 10.8 Å². The number of thioether (sulfide) groups is 1. The van der Waals surface area contributed by atoms with Crippen LogP contribution < -0.4 is 5.73 Å². The van der Waals surface area contributed by atoms with E-state index >= 15 is 0 Å². The maximum atomic E-state index is 10.7. The van der Waals surface area contributed by atoms with Crippen molar-refractivity contribution in [2.45, 2.75) is 24.5 Å². The monoisotopic (exact) mass is 227 g/mol. The van der Waals surface area contributed by atoms with Gasteiger partial charge in [0.25, 0.3) is 0 Å². The first-order valence-electron chi connectivity index (χ1n) is 4.35. The van der Waals surface area contributed by atoms with E-state index in [9.17, 15) is 4.79 Å². The zero-order valence-electron chi connectivity index (χ0n) is 8.60. The van der Waals surface area contributed by atoms with Gasteiger partial charge in [-0.3, -0.25) is 4.79 Å². The van der Waals surface area contributed by atoms with E-state index in [0.717, 1.165) is 5.56 Å². The number of aryl methyl sites for hydroxylation is 1. The Kier molecular flexibility index (Phi) is 3.65. The topological polar surface area (TPSA) is 89.1 Å². The molecule has 0 aliphatic rings. The molecular formula is C9H13N3O2S. The summed E-state index contributed by atoms with van der Waals surface area (Å²) in [7, 11) is 0. The standard InChI is InChI=1S/C9H13N3O2S/c1-6-3-11-8(12-4-6)15-5-9(2,10)7(13)14/h3-4H,5,10H2,1-2H3,(H,13,14). The molecule has 0 amide bonds. The van der Waals surface area contributed by atoms with Crippen molar-refractivity contribution < 1.29 is 9.90 Å². The molecule has 0 saturated carbocycles. The van der Waals surface area contributed by atoms with Crippen molar-refractivity contribution in [1.29, 1.82) is 0 Å². The normalized spacial score (nSPS) is 14.6. The Morgan fingerprint density at radius 2 is 2.13 bits per heavy atom. The molecule has 0 bridgehead atoms. The molecule has 1 aromatic rings. The number of hydrogen-bond donors (Lipinski definition) is 2. The quantitative estimate of drug-likeness (QED) is 0.580. The summed E-state index contributed by atoms with van der Waals surface area (Å²) in [6.07, 6.45) is 3.37. The molecule has 0 spiro atoms. The van der Waals surface area contributed by atoms with Crippen molar-refractivity contribution in [3.8, 4) is 0 Å². The molecule has 0 aliphatic carbocycles. The Balaban J connectivity index is 2.57. The third kappa shape index (κ3) is 3.49. The number of nitrogens with two attached hydrogens (primary N) is 1. The maximum absolute atomic E-state index is 10.7. The first-order valence-corrected chi connectivity index (χ1v) is 5.34. The van der Waals surface area contributed by atoms with E-state index in [1.54, 1.807) is 12.4 Å². The lowest BCUT2D eigenvalue weighted by molar-refractivity contribution is -0.141. The molecule has 1 rings (SSSR count). The molecule has 0 aliphatic heterocycles. The number of carbonyl (C=O) groups is 1. The highest BCUT2D eigenvalue weighted by molar-refractivity contribution is 7.99. The van der Waals surface area contributed by atoms with Gasteiger partial charge in [0.2, 0.25) is 0 Å². The van der Waals surface area contributed by atoms with Crippen LogP contribution >= 0.6 is 11.8 Å². The third-order valence-corrected chi connectivity index (χ3v) is 2.96. The van der Waals surface area contributed by atoms with Crippen LogP contribution in [-0.4, -0.2) is 32.3 Å². The second kappa shape index (κ2) is 4.59. The van der Waals surface area contributed by atoms with Crippen molar-refractivity contribution in [3.05, 3.63) is 18.0 Å². The van der Waals surface area contributed by atoms with Crippen LogP contribution in [0.3, 0.4) is 0 Å². The zero-order valence-corrected chi connectivity index (χ0v) is 9.41. The minimum Gasteiger partial charge on any atom is -0.480 e. The van der Waals surface area contributed by atoms with E-state index in [0.29, 0.717) is 5.16 Å². The summed E-state index contributed by atoms with van der Waals surface area (Å²) in [4.78, 5) is 18.8. The van der Waals surface area contributed by atoms with Crippen molar-refractivity contribution in [1.82, 2.24) is 9.97 Å². The highest BCUT2D eigenvalue weighted by atomic mass is 32.2. The maximum Gasteiger partial charge on any atom is 0.324 e. The summed E-state index contributed by atoms with van der Waals surface area (Å²) in [6.45, 7) is 3.36. The summed E-state index contributed by atoms with van der Waals surface area (Å²) < 4.78 is 0. The third-order valence-electron chi connectivity index (χ3n) is 1.75. The van der Waals surface area contributed by atoms with Gasteiger partial charge in [0, 0.05) is 18.1 Å². The smallest absolute Gasteiger partial charge is 0.324 e. The van der Waals surface area contributed by atoms with Gasteiger partial charge < -0.3 is 10.8 Å². The molecule has 3 N–H and O–H groups in total. The van der Waals surface area contributed by atoms with Crippen LogP contribution in [0, 0.1) is 6.92 Å². The minimum absolute atomic E-state index is 0.241. The molecule has 82 valence electrons. The van der Waals surface area contributed by atoms with Gasteiger partial charge in [-0.15, -0.1) is 0 Å². The van der Waals surface area contributed by atoms with E-state index < -0.39 is 11.5 Å². The Morgan fingerprint density at radius 3 is 2.60 bits per heavy atom. The van der Waals surface area contributed by atoms with Crippen molar-refractivity contribution >= 4 is 17.7 Å². The Bertz CT molecular complexity index is 351. The first-order chi connectivity index (χ1) is 6.92. The van der Waals surface area contributed by atoms with Gasteiger partial charge >= 0.3 is 5.97 Å². The van der Waals surface area contributed by atoms with Crippen LogP contribution in [0.1, 0.15) is 12.5 Å². The van der Waals surface area contributed by atoms with E-state index in [1.807, 2.05) is 6.92 Å². The average Bonchev–Trinajstić information content (AvgIpc) is 2.17. The van der Waals surface area contributed by atoms with Crippen LogP contribution in [0.25, 0.3) is 0 Å². The van der Waals surface area contributed by atoms with Gasteiger partial charge in [0.05, 0.1) is 0 Å². The number of aliphatic carboxylic acids is 1. The minimum atomic E-state index is -1.25. The van der Waals surface area contributed by atoms with Gasteiger partial charge in [-0.05, 0) is 19.4 Å². The predicted octanol–water partition coefficient (Wildman–Crippen LogP) is 0.679. The van der Waals surface area contributed by atoms with Crippen LogP contribution in [0.4, 0.5) is 0 Å². The predicted molar refractivity (Wildman–Crippen MR) is 57.7 cm³/mol. The van der Waals surface area contributed by atoms with E-state index in [1.165, 1.54) is 18.7 Å². The Morgan fingerprint density at radius 1 is 1.60 bits per heavy atom. The summed E-state index contributed by atoms with van der Waals surface area (Å²) in [6, 6.07) is 0. The number of carboxylic acid groups (broad SMARTS) is 1. The Hall–Kier alpha value is -1.14. The molecule has 5 nitrogen and oxygen atoms in total. The first kappa shape index (κ1) is 11.9. The molecule has 0 saturated heterocycles. The second-order valence-corrected chi connectivity index (χ2v) is 4.50. The number of carboxylic acids is 1. The summed E-state index contributed by atoms with van der Waals surface area (Å²) in [5.41, 5.74) is 5.28. The van der Waals surface area contributed by atoms with Crippen molar-refractivity contribution in [3.63, 3.8) is 0 Å². The van der Waals surface area contributed by atoms with Crippen LogP contribution in [-0.2, 0) is 4.79 Å².